The Labute approximate surface area is 134 Å². The second-order valence-electron chi connectivity index (χ2n) is 5.97. The highest BCUT2D eigenvalue weighted by molar-refractivity contribution is 5.89. The lowest BCUT2D eigenvalue weighted by Crippen LogP contribution is -2.44. The van der Waals surface area contributed by atoms with Crippen LogP contribution in [0.2, 0.25) is 0 Å². The summed E-state index contributed by atoms with van der Waals surface area (Å²) in [5.74, 6) is -4.31. The molecular formula is C14H24F2N4O3. The van der Waals surface area contributed by atoms with Gasteiger partial charge in [0.05, 0.1) is 32.2 Å². The number of nitrogens with one attached hydrogen (secondary N) is 1. The molecule has 2 fully saturated rings. The van der Waals surface area contributed by atoms with Gasteiger partial charge in [0.1, 0.15) is 0 Å². The van der Waals surface area contributed by atoms with Crippen molar-refractivity contribution in [2.24, 2.45) is 11.7 Å². The van der Waals surface area contributed by atoms with E-state index >= 15 is 0 Å². The summed E-state index contributed by atoms with van der Waals surface area (Å²) in [4.78, 5) is 27.7. The molecule has 2 aliphatic rings. The number of likely N-dealkylation sites (tertiary alicyclic amines) is 1. The van der Waals surface area contributed by atoms with Crippen molar-refractivity contribution in [3.8, 4) is 0 Å². The number of morpholine rings is 1. The maximum absolute atomic E-state index is 13.0. The maximum Gasteiger partial charge on any atom is 0.277 e. The van der Waals surface area contributed by atoms with Crippen LogP contribution < -0.4 is 11.1 Å². The van der Waals surface area contributed by atoms with Gasteiger partial charge in [-0.2, -0.15) is 0 Å². The smallest absolute Gasteiger partial charge is 0.277 e. The van der Waals surface area contributed by atoms with E-state index in [2.05, 4.69) is 10.2 Å². The Kier molecular flexibility index (Phi) is 6.25. The van der Waals surface area contributed by atoms with Crippen molar-refractivity contribution >= 4 is 11.8 Å². The van der Waals surface area contributed by atoms with Gasteiger partial charge in [-0.1, -0.05) is 0 Å². The highest BCUT2D eigenvalue weighted by atomic mass is 19.3. The molecule has 3 N–H and O–H groups in total. The van der Waals surface area contributed by atoms with Crippen molar-refractivity contribution < 1.29 is 23.1 Å². The van der Waals surface area contributed by atoms with Crippen molar-refractivity contribution in [2.75, 3.05) is 59.0 Å². The number of nitrogens with two attached hydrogens (primary N) is 1. The summed E-state index contributed by atoms with van der Waals surface area (Å²) in [6, 6.07) is 0. The van der Waals surface area contributed by atoms with E-state index in [-0.39, 0.29) is 18.9 Å². The van der Waals surface area contributed by atoms with E-state index in [1.54, 1.807) is 4.90 Å². The highest BCUT2D eigenvalue weighted by Crippen LogP contribution is 2.18. The molecule has 0 aromatic heterocycles. The maximum atomic E-state index is 13.0. The summed E-state index contributed by atoms with van der Waals surface area (Å²) >= 11 is 0. The standard InChI is InChI=1S/C14H24F2N4O3/c15-14(16,9-17)10-18-13(22)11-7-12(21)20(8-11)2-1-19-3-5-23-6-4-19/h11H,1-10,17H2,(H,18,22). The summed E-state index contributed by atoms with van der Waals surface area (Å²) in [7, 11) is 0. The second kappa shape index (κ2) is 7.98. The Morgan fingerprint density at radius 2 is 2.04 bits per heavy atom. The fourth-order valence-corrected chi connectivity index (χ4v) is 2.68. The van der Waals surface area contributed by atoms with Gasteiger partial charge in [0.2, 0.25) is 11.8 Å². The molecule has 7 nitrogen and oxygen atoms in total. The van der Waals surface area contributed by atoms with Crippen LogP contribution in [0.5, 0.6) is 0 Å². The first kappa shape index (κ1) is 18.0. The molecule has 0 aliphatic carbocycles. The quantitative estimate of drug-likeness (QED) is 0.616. The minimum atomic E-state index is -3.12. The fraction of sp³-hybridized carbons (Fsp3) is 0.857. The van der Waals surface area contributed by atoms with E-state index in [0.29, 0.717) is 19.8 Å². The van der Waals surface area contributed by atoms with Crippen LogP contribution in [-0.2, 0) is 14.3 Å². The zero-order valence-corrected chi connectivity index (χ0v) is 13.1. The van der Waals surface area contributed by atoms with Gasteiger partial charge in [-0.05, 0) is 0 Å². The fourth-order valence-electron chi connectivity index (χ4n) is 2.68. The molecule has 2 rings (SSSR count). The lowest BCUT2D eigenvalue weighted by Gasteiger charge is -2.28. The molecule has 2 amide bonds. The Bertz CT molecular complexity index is 430. The molecule has 132 valence electrons. The van der Waals surface area contributed by atoms with E-state index in [0.717, 1.165) is 19.6 Å². The zero-order valence-electron chi connectivity index (χ0n) is 13.1. The Morgan fingerprint density at radius 1 is 1.35 bits per heavy atom. The summed E-state index contributed by atoms with van der Waals surface area (Å²) in [6.07, 6.45) is 0.0726. The first-order chi connectivity index (χ1) is 10.9. The van der Waals surface area contributed by atoms with Crippen molar-refractivity contribution in [3.05, 3.63) is 0 Å². The third kappa shape index (κ3) is 5.36. The lowest BCUT2D eigenvalue weighted by molar-refractivity contribution is -0.129. The van der Waals surface area contributed by atoms with Crippen molar-refractivity contribution in [2.45, 2.75) is 12.3 Å². The van der Waals surface area contributed by atoms with Crippen LogP contribution in [0.1, 0.15) is 6.42 Å². The number of amides is 2. The number of carbonyl (C=O) groups excluding carboxylic acids is 2. The number of nitrogens with zero attached hydrogens (tertiary/aromatic N) is 2. The minimum Gasteiger partial charge on any atom is -0.379 e. The molecule has 2 heterocycles. The molecule has 0 saturated carbocycles. The molecule has 0 radical (unpaired) electrons. The van der Waals surface area contributed by atoms with Crippen molar-refractivity contribution in [1.29, 1.82) is 0 Å². The first-order valence-electron chi connectivity index (χ1n) is 7.85. The van der Waals surface area contributed by atoms with Gasteiger partial charge in [-0.15, -0.1) is 0 Å². The molecule has 1 unspecified atom stereocenters. The normalized spacial score (nSPS) is 23.3. The number of hydrogen-bond acceptors (Lipinski definition) is 5. The third-order valence-corrected chi connectivity index (χ3v) is 4.20. The van der Waals surface area contributed by atoms with Gasteiger partial charge in [-0.3, -0.25) is 14.5 Å². The molecule has 0 aromatic carbocycles. The second-order valence-corrected chi connectivity index (χ2v) is 5.97. The topological polar surface area (TPSA) is 87.9 Å². The summed E-state index contributed by atoms with van der Waals surface area (Å²) in [6.45, 7) is 2.99. The molecule has 0 spiro atoms. The van der Waals surface area contributed by atoms with Crippen LogP contribution in [0.3, 0.4) is 0 Å². The Morgan fingerprint density at radius 3 is 2.70 bits per heavy atom. The van der Waals surface area contributed by atoms with E-state index in [1.807, 2.05) is 0 Å². The molecule has 0 aromatic rings. The van der Waals surface area contributed by atoms with E-state index in [9.17, 15) is 18.4 Å². The van der Waals surface area contributed by atoms with E-state index in [1.165, 1.54) is 0 Å². The van der Waals surface area contributed by atoms with Gasteiger partial charge >= 0.3 is 0 Å². The molecule has 23 heavy (non-hydrogen) atoms. The SMILES string of the molecule is NCC(F)(F)CNC(=O)C1CC(=O)N(CCN2CCOCC2)C1. The van der Waals surface area contributed by atoms with Gasteiger partial charge in [0, 0.05) is 39.1 Å². The highest BCUT2D eigenvalue weighted by Gasteiger charge is 2.36. The van der Waals surface area contributed by atoms with Crippen molar-refractivity contribution in [1.82, 2.24) is 15.1 Å². The monoisotopic (exact) mass is 334 g/mol. The van der Waals surface area contributed by atoms with Crippen LogP contribution >= 0.6 is 0 Å². The number of hydrogen-bond donors (Lipinski definition) is 2. The number of alkyl halides is 2. The number of carbonyl (C=O) groups is 2. The zero-order chi connectivity index (χ0) is 16.9. The predicted molar refractivity (Wildman–Crippen MR) is 79.0 cm³/mol. The van der Waals surface area contributed by atoms with Crippen molar-refractivity contribution in [3.63, 3.8) is 0 Å². The lowest BCUT2D eigenvalue weighted by atomic mass is 10.1. The molecule has 2 saturated heterocycles. The summed E-state index contributed by atoms with van der Waals surface area (Å²) in [5.41, 5.74) is 4.92. The molecular weight excluding hydrogens is 310 g/mol. The Balaban J connectivity index is 1.74. The van der Waals surface area contributed by atoms with E-state index < -0.39 is 30.8 Å². The number of halogens is 2. The Hall–Kier alpha value is -1.32. The van der Waals surface area contributed by atoms with Crippen LogP contribution in [0, 0.1) is 5.92 Å². The van der Waals surface area contributed by atoms with Crippen LogP contribution in [0.25, 0.3) is 0 Å². The van der Waals surface area contributed by atoms with E-state index in [4.69, 9.17) is 10.5 Å². The van der Waals surface area contributed by atoms with Crippen LogP contribution in [0.4, 0.5) is 8.78 Å². The van der Waals surface area contributed by atoms with Gasteiger partial charge in [0.15, 0.2) is 0 Å². The van der Waals surface area contributed by atoms with Gasteiger partial charge < -0.3 is 20.7 Å². The molecule has 1 atom stereocenters. The predicted octanol–water partition coefficient (Wildman–Crippen LogP) is -1.12. The number of ether oxygens (including phenoxy) is 1. The average molecular weight is 334 g/mol. The van der Waals surface area contributed by atoms with Crippen LogP contribution in [-0.4, -0.2) is 86.6 Å². The van der Waals surface area contributed by atoms with Gasteiger partial charge in [-0.25, -0.2) is 8.78 Å². The third-order valence-electron chi connectivity index (χ3n) is 4.20. The summed E-state index contributed by atoms with van der Waals surface area (Å²) < 4.78 is 31.4. The average Bonchev–Trinajstić information content (AvgIpc) is 2.93. The number of rotatable bonds is 7. The molecule has 0 bridgehead atoms. The molecule has 2 aliphatic heterocycles. The largest absolute Gasteiger partial charge is 0.379 e. The van der Waals surface area contributed by atoms with Crippen LogP contribution in [0.15, 0.2) is 0 Å². The first-order valence-corrected chi connectivity index (χ1v) is 7.85. The summed E-state index contributed by atoms with van der Waals surface area (Å²) in [5, 5.41) is 2.19. The minimum absolute atomic E-state index is 0.0726. The van der Waals surface area contributed by atoms with Gasteiger partial charge in [0.25, 0.3) is 5.92 Å². The molecule has 9 heteroatoms.